The van der Waals surface area contributed by atoms with E-state index in [9.17, 15) is 26.3 Å². The lowest BCUT2D eigenvalue weighted by Gasteiger charge is -2.37. The van der Waals surface area contributed by atoms with Crippen molar-refractivity contribution in [3.63, 3.8) is 0 Å². The summed E-state index contributed by atoms with van der Waals surface area (Å²) in [7, 11) is 0. The predicted octanol–water partition coefficient (Wildman–Crippen LogP) is 12.5. The van der Waals surface area contributed by atoms with Crippen LogP contribution in [0.3, 0.4) is 0 Å². The van der Waals surface area contributed by atoms with E-state index in [2.05, 4.69) is 19.1 Å². The number of hydrogen-bond donors (Lipinski definition) is 0. The normalized spacial score (nSPS) is 29.2. The number of ether oxygens (including phenoxy) is 1. The van der Waals surface area contributed by atoms with Crippen LogP contribution < -0.4 is 4.74 Å². The molecule has 3 saturated carbocycles. The number of benzene rings is 1. The molecule has 7 heteroatoms. The molecule has 0 aliphatic heterocycles. The number of rotatable bonds is 13. The molecule has 0 radical (unpaired) electrons. The Labute approximate surface area is 255 Å². The maximum Gasteiger partial charge on any atom is 0.419 e. The molecule has 0 spiro atoms. The van der Waals surface area contributed by atoms with Gasteiger partial charge in [-0.1, -0.05) is 76.9 Å². The molecular formula is C36H52F6O. The van der Waals surface area contributed by atoms with Crippen molar-refractivity contribution in [2.45, 2.75) is 141 Å². The third-order valence-corrected chi connectivity index (χ3v) is 10.7. The lowest BCUT2D eigenvalue weighted by atomic mass is 9.68. The Morgan fingerprint density at radius 3 is 1.79 bits per heavy atom. The number of hydrogen-bond acceptors (Lipinski definition) is 1. The lowest BCUT2D eigenvalue weighted by molar-refractivity contribution is -0.223. The van der Waals surface area contributed by atoms with Gasteiger partial charge in [0.2, 0.25) is 0 Å². The van der Waals surface area contributed by atoms with Crippen molar-refractivity contribution in [2.24, 2.45) is 35.5 Å². The summed E-state index contributed by atoms with van der Waals surface area (Å²) >= 11 is 0. The summed E-state index contributed by atoms with van der Waals surface area (Å²) in [6, 6.07) is 1.59. The molecule has 0 unspecified atom stereocenters. The van der Waals surface area contributed by atoms with E-state index in [1.54, 1.807) is 0 Å². The minimum Gasteiger partial charge on any atom is -0.432 e. The van der Waals surface area contributed by atoms with Gasteiger partial charge in [0.15, 0.2) is 0 Å². The minimum atomic E-state index is -4.89. The van der Waals surface area contributed by atoms with Gasteiger partial charge >= 0.3 is 12.3 Å². The Hall–Kier alpha value is -1.66. The largest absolute Gasteiger partial charge is 0.432 e. The Kier molecular flexibility index (Phi) is 12.8. The third-order valence-electron chi connectivity index (χ3n) is 10.7. The van der Waals surface area contributed by atoms with Gasteiger partial charge in [-0.05, 0) is 106 Å². The highest BCUT2D eigenvalue weighted by Crippen LogP contribution is 2.44. The Morgan fingerprint density at radius 1 is 0.698 bits per heavy atom. The van der Waals surface area contributed by atoms with Gasteiger partial charge in [-0.25, -0.2) is 4.39 Å². The Morgan fingerprint density at radius 2 is 1.23 bits per heavy atom. The smallest absolute Gasteiger partial charge is 0.419 e. The second-order valence-corrected chi connectivity index (χ2v) is 13.8. The molecule has 0 saturated heterocycles. The predicted molar refractivity (Wildman–Crippen MR) is 160 cm³/mol. The summed E-state index contributed by atoms with van der Waals surface area (Å²) in [4.78, 5) is 0. The van der Waals surface area contributed by atoms with E-state index in [0.29, 0.717) is 30.9 Å². The number of halogens is 6. The maximum absolute atomic E-state index is 14.8. The zero-order valence-corrected chi connectivity index (χ0v) is 26.0. The second-order valence-electron chi connectivity index (χ2n) is 13.8. The molecule has 0 heterocycles. The zero-order chi connectivity index (χ0) is 30.9. The molecule has 0 aromatic heterocycles. The molecule has 1 aromatic rings. The SMILES string of the molecule is CCCCCCCCC1CCC(C2CCC(/C=C/C3CCC(C(F)(F)Oc4ccc(C(F)(F)F)c(F)c4)CC3)CC2)CC1. The first-order chi connectivity index (χ1) is 20.5. The fraction of sp³-hybridized carbons (Fsp3) is 0.778. The van der Waals surface area contributed by atoms with Crippen LogP contribution in [-0.4, -0.2) is 6.11 Å². The second kappa shape index (κ2) is 16.1. The Bertz CT molecular complexity index is 980. The summed E-state index contributed by atoms with van der Waals surface area (Å²) in [5, 5.41) is 0. The lowest BCUT2D eigenvalue weighted by Crippen LogP contribution is -2.37. The van der Waals surface area contributed by atoms with Crippen molar-refractivity contribution in [1.82, 2.24) is 0 Å². The van der Waals surface area contributed by atoms with Gasteiger partial charge in [-0.15, -0.1) is 0 Å². The van der Waals surface area contributed by atoms with Crippen LogP contribution in [0, 0.1) is 41.3 Å². The average Bonchev–Trinajstić information content (AvgIpc) is 2.98. The van der Waals surface area contributed by atoms with Crippen LogP contribution in [0.25, 0.3) is 0 Å². The highest BCUT2D eigenvalue weighted by molar-refractivity contribution is 5.31. The van der Waals surface area contributed by atoms with E-state index in [1.165, 1.54) is 96.3 Å². The first-order valence-electron chi connectivity index (χ1n) is 17.2. The van der Waals surface area contributed by atoms with E-state index in [4.69, 9.17) is 4.74 Å². The van der Waals surface area contributed by atoms with Gasteiger partial charge in [-0.3, -0.25) is 0 Å². The Balaban J connectivity index is 1.12. The summed E-state index contributed by atoms with van der Waals surface area (Å²) in [5.74, 6) is 0.325. The van der Waals surface area contributed by atoms with Crippen LogP contribution in [0.15, 0.2) is 30.4 Å². The minimum absolute atomic E-state index is 0.259. The van der Waals surface area contributed by atoms with Crippen LogP contribution in [0.4, 0.5) is 26.3 Å². The van der Waals surface area contributed by atoms with Gasteiger partial charge in [-0.2, -0.15) is 22.0 Å². The molecule has 0 atom stereocenters. The highest BCUT2D eigenvalue weighted by Gasteiger charge is 2.44. The van der Waals surface area contributed by atoms with Crippen molar-refractivity contribution in [3.05, 3.63) is 41.7 Å². The van der Waals surface area contributed by atoms with Crippen molar-refractivity contribution in [3.8, 4) is 5.75 Å². The first-order valence-corrected chi connectivity index (χ1v) is 17.2. The van der Waals surface area contributed by atoms with E-state index in [-0.39, 0.29) is 18.8 Å². The molecule has 4 rings (SSSR count). The quantitative estimate of drug-likeness (QED) is 0.122. The fourth-order valence-electron chi connectivity index (χ4n) is 7.96. The van der Waals surface area contributed by atoms with Gasteiger partial charge in [0.1, 0.15) is 11.6 Å². The molecule has 0 amide bonds. The molecule has 1 aromatic carbocycles. The third kappa shape index (κ3) is 10.4. The fourth-order valence-corrected chi connectivity index (χ4v) is 7.96. The van der Waals surface area contributed by atoms with Crippen molar-refractivity contribution in [2.75, 3.05) is 0 Å². The van der Waals surface area contributed by atoms with Crippen LogP contribution >= 0.6 is 0 Å². The van der Waals surface area contributed by atoms with Crippen LogP contribution in [0.5, 0.6) is 5.75 Å². The van der Waals surface area contributed by atoms with Crippen molar-refractivity contribution in [1.29, 1.82) is 0 Å². The molecule has 43 heavy (non-hydrogen) atoms. The van der Waals surface area contributed by atoms with Crippen LogP contribution in [-0.2, 0) is 6.18 Å². The summed E-state index contributed by atoms with van der Waals surface area (Å²) in [6.07, 6.45) is 18.4. The van der Waals surface area contributed by atoms with Gasteiger partial charge < -0.3 is 4.74 Å². The first kappa shape index (κ1) is 34.2. The molecule has 0 bridgehead atoms. The van der Waals surface area contributed by atoms with E-state index < -0.39 is 35.3 Å². The summed E-state index contributed by atoms with van der Waals surface area (Å²) in [6.45, 7) is 2.27. The summed E-state index contributed by atoms with van der Waals surface area (Å²) < 4.78 is 86.4. The summed E-state index contributed by atoms with van der Waals surface area (Å²) in [5.41, 5.74) is -1.50. The monoisotopic (exact) mass is 614 g/mol. The number of unbranched alkanes of at least 4 members (excludes halogenated alkanes) is 5. The van der Waals surface area contributed by atoms with Gasteiger partial charge in [0.05, 0.1) is 11.5 Å². The number of allylic oxidation sites excluding steroid dienone is 2. The van der Waals surface area contributed by atoms with Crippen molar-refractivity contribution >= 4 is 0 Å². The topological polar surface area (TPSA) is 9.23 Å². The van der Waals surface area contributed by atoms with E-state index in [1.807, 2.05) is 0 Å². The molecule has 244 valence electrons. The average molecular weight is 615 g/mol. The van der Waals surface area contributed by atoms with E-state index in [0.717, 1.165) is 23.8 Å². The van der Waals surface area contributed by atoms with Gasteiger partial charge in [0.25, 0.3) is 0 Å². The van der Waals surface area contributed by atoms with Crippen LogP contribution in [0.1, 0.15) is 134 Å². The van der Waals surface area contributed by atoms with E-state index >= 15 is 0 Å². The van der Waals surface area contributed by atoms with Crippen LogP contribution in [0.2, 0.25) is 0 Å². The molecule has 3 aliphatic rings. The molecule has 1 nitrogen and oxygen atoms in total. The molecule has 3 aliphatic carbocycles. The molecule has 3 fully saturated rings. The highest BCUT2D eigenvalue weighted by atomic mass is 19.4. The maximum atomic E-state index is 14.8. The standard InChI is InChI=1S/C36H52F6O/c1-2-3-4-5-6-7-8-26-11-17-29(18-12-26)30-19-13-27(14-20-30)9-10-28-15-21-31(22-16-28)36(41,42)43-32-23-24-33(34(37)25-32)35(38,39)40/h9-10,23-31H,2-8,11-22H2,1H3/b10-9+. The van der Waals surface area contributed by atoms with Crippen molar-refractivity contribution < 1.29 is 31.1 Å². The zero-order valence-electron chi connectivity index (χ0n) is 26.0. The molecule has 0 N–H and O–H groups in total. The molecular weight excluding hydrogens is 562 g/mol. The number of alkyl halides is 5. The van der Waals surface area contributed by atoms with Gasteiger partial charge in [0, 0.05) is 6.07 Å².